The summed E-state index contributed by atoms with van der Waals surface area (Å²) in [6, 6.07) is 16.3. The first kappa shape index (κ1) is 42.8. The van der Waals surface area contributed by atoms with Crippen molar-refractivity contribution in [2.24, 2.45) is 25.9 Å². The Labute approximate surface area is 340 Å². The molecule has 0 radical (unpaired) electrons. The van der Waals surface area contributed by atoms with Crippen LogP contribution in [0.2, 0.25) is 0 Å². The number of aryl methyl sites for hydroxylation is 4. The molecule has 0 amide bonds. The number of hydrogen-bond donors (Lipinski definition) is 1. The van der Waals surface area contributed by atoms with E-state index in [4.69, 9.17) is 4.74 Å². The molecule has 12 heteroatoms. The summed E-state index contributed by atoms with van der Waals surface area (Å²) < 4.78 is 12.4. The fourth-order valence-electron chi connectivity index (χ4n) is 6.94. The van der Waals surface area contributed by atoms with Crippen LogP contribution in [-0.2, 0) is 54.1 Å². The number of ketones is 2. The Balaban J connectivity index is 0.000000221. The fraction of sp³-hybridized carbons (Fsp3) is 0.348. The van der Waals surface area contributed by atoms with Gasteiger partial charge in [-0.25, -0.2) is 19.0 Å². The van der Waals surface area contributed by atoms with Crippen molar-refractivity contribution in [2.75, 3.05) is 6.61 Å². The summed E-state index contributed by atoms with van der Waals surface area (Å²) >= 11 is 0. The summed E-state index contributed by atoms with van der Waals surface area (Å²) in [5.74, 6) is -1.69. The minimum Gasteiger partial charge on any atom is -0.478 e. The number of carbonyl (C=O) groups is 4. The van der Waals surface area contributed by atoms with Gasteiger partial charge in [0.25, 0.3) is 0 Å². The van der Waals surface area contributed by atoms with Gasteiger partial charge in [-0.05, 0) is 94.0 Å². The lowest BCUT2D eigenvalue weighted by molar-refractivity contribution is -0.122. The van der Waals surface area contributed by atoms with Crippen molar-refractivity contribution in [3.63, 3.8) is 0 Å². The van der Waals surface area contributed by atoms with Crippen molar-refractivity contribution in [2.45, 2.75) is 74.1 Å². The molecule has 304 valence electrons. The topological polar surface area (TPSA) is 143 Å². The summed E-state index contributed by atoms with van der Waals surface area (Å²) in [5.41, 5.74) is 10.4. The Morgan fingerprint density at radius 1 is 0.621 bits per heavy atom. The van der Waals surface area contributed by atoms with Gasteiger partial charge in [-0.15, -0.1) is 0 Å². The van der Waals surface area contributed by atoms with Crippen LogP contribution in [0.25, 0.3) is 11.4 Å². The highest BCUT2D eigenvalue weighted by atomic mass is 16.5. The number of carboxylic acids is 1. The molecule has 0 aliphatic rings. The number of nitrogens with zero attached hydrogens (tertiary/aromatic N) is 6. The zero-order valence-electron chi connectivity index (χ0n) is 34.9. The van der Waals surface area contributed by atoms with E-state index in [1.807, 2.05) is 106 Å². The number of hydrogen-bond acceptors (Lipinski definition) is 7. The Morgan fingerprint density at radius 2 is 1.02 bits per heavy atom. The molecule has 0 saturated heterocycles. The Morgan fingerprint density at radius 3 is 1.41 bits per heavy atom. The van der Waals surface area contributed by atoms with E-state index in [1.54, 1.807) is 35.5 Å². The molecule has 2 atom stereocenters. The van der Waals surface area contributed by atoms with E-state index in [-0.39, 0.29) is 47.8 Å². The van der Waals surface area contributed by atoms with E-state index < -0.39 is 5.97 Å². The number of rotatable bonds is 15. The van der Waals surface area contributed by atoms with E-state index >= 15 is 0 Å². The zero-order chi connectivity index (χ0) is 42.3. The first-order valence-electron chi connectivity index (χ1n) is 19.5. The Kier molecular flexibility index (Phi) is 13.9. The minimum absolute atomic E-state index is 0.0242. The molecule has 58 heavy (non-hydrogen) atoms. The number of aromatic nitrogens is 6. The van der Waals surface area contributed by atoms with Gasteiger partial charge in [-0.1, -0.05) is 49.2 Å². The average molecular weight is 787 g/mol. The highest BCUT2D eigenvalue weighted by molar-refractivity contribution is 5.94. The lowest BCUT2D eigenvalue weighted by Crippen LogP contribution is -2.18. The molecule has 0 aliphatic heterocycles. The highest BCUT2D eigenvalue weighted by Crippen LogP contribution is 2.22. The molecule has 4 aromatic heterocycles. The number of carboxylic acid groups (broad SMARTS) is 1. The molecule has 0 saturated carbocycles. The zero-order valence-corrected chi connectivity index (χ0v) is 34.9. The van der Waals surface area contributed by atoms with E-state index in [0.29, 0.717) is 36.1 Å². The molecule has 0 bridgehead atoms. The third-order valence-corrected chi connectivity index (χ3v) is 10.5. The monoisotopic (exact) mass is 786 g/mol. The van der Waals surface area contributed by atoms with Gasteiger partial charge >= 0.3 is 11.9 Å². The third kappa shape index (κ3) is 10.4. The van der Waals surface area contributed by atoms with Crippen molar-refractivity contribution in [1.29, 1.82) is 0 Å². The van der Waals surface area contributed by atoms with Crippen LogP contribution < -0.4 is 0 Å². The molecule has 2 aromatic carbocycles. The molecule has 1 N–H and O–H groups in total. The minimum atomic E-state index is -1.01. The van der Waals surface area contributed by atoms with Crippen LogP contribution in [-0.4, -0.2) is 63.9 Å². The maximum absolute atomic E-state index is 12.9. The summed E-state index contributed by atoms with van der Waals surface area (Å²) in [7, 11) is 3.59. The van der Waals surface area contributed by atoms with Crippen molar-refractivity contribution in [3.05, 3.63) is 142 Å². The van der Waals surface area contributed by atoms with Crippen LogP contribution >= 0.6 is 0 Å². The predicted molar refractivity (Wildman–Crippen MR) is 223 cm³/mol. The number of aromatic carboxylic acids is 1. The van der Waals surface area contributed by atoms with Gasteiger partial charge < -0.3 is 19.0 Å². The normalized spacial score (nSPS) is 12.1. The molecule has 6 aromatic rings. The van der Waals surface area contributed by atoms with E-state index in [2.05, 4.69) is 29.3 Å². The number of carbonyl (C=O) groups excluding carboxylic acids is 3. The summed E-state index contributed by atoms with van der Waals surface area (Å²) in [5, 5.41) is 18.3. The lowest BCUT2D eigenvalue weighted by Gasteiger charge is -2.11. The van der Waals surface area contributed by atoms with Gasteiger partial charge in [0.15, 0.2) is 0 Å². The molecule has 0 fully saturated rings. The fourth-order valence-corrected chi connectivity index (χ4v) is 6.94. The smallest absolute Gasteiger partial charge is 0.339 e. The summed E-state index contributed by atoms with van der Waals surface area (Å²) in [6.07, 6.45) is 11.9. The van der Waals surface area contributed by atoms with E-state index in [9.17, 15) is 24.3 Å². The number of esters is 1. The van der Waals surface area contributed by atoms with Crippen LogP contribution in [0.5, 0.6) is 0 Å². The molecule has 2 unspecified atom stereocenters. The first-order valence-corrected chi connectivity index (χ1v) is 19.5. The largest absolute Gasteiger partial charge is 0.478 e. The summed E-state index contributed by atoms with van der Waals surface area (Å²) in [4.78, 5) is 49.1. The van der Waals surface area contributed by atoms with Gasteiger partial charge in [0.1, 0.15) is 11.6 Å². The molecule has 12 nitrogen and oxygen atoms in total. The molecule has 4 heterocycles. The van der Waals surface area contributed by atoms with Crippen LogP contribution in [0.4, 0.5) is 0 Å². The maximum Gasteiger partial charge on any atom is 0.339 e. The second-order valence-corrected chi connectivity index (χ2v) is 15.3. The van der Waals surface area contributed by atoms with E-state index in [0.717, 1.165) is 33.9 Å². The number of Topliss-reactive ketones (excluding diaryl/α,β-unsaturated/α-hetero) is 2. The predicted octanol–water partition coefficient (Wildman–Crippen LogP) is 7.51. The molecule has 0 aliphatic carbocycles. The number of benzene rings is 2. The van der Waals surface area contributed by atoms with Crippen molar-refractivity contribution in [1.82, 2.24) is 28.7 Å². The Bertz CT molecular complexity index is 2390. The van der Waals surface area contributed by atoms with Gasteiger partial charge in [-0.3, -0.25) is 9.59 Å². The average Bonchev–Trinajstić information content (AvgIpc) is 3.95. The van der Waals surface area contributed by atoms with Crippen LogP contribution in [0.1, 0.15) is 86.3 Å². The standard InChI is InChI=1S/C24H29N3O3.C22H25N3O3/c1-6-30-24(29)22-15-26(5)14-20(22)12-23(28)17(3)11-19-13-25-27(18(19)4)21-9-7-16(2)8-10-21;1-14-5-7-19(8-6-14)25-16(3)17(11-23-25)9-15(2)21(26)10-18-12-24(4)13-20(18)22(27)28/h7-10,13-15,17H,6,11-12H2,1-5H3;5-8,11-13,15H,9-10H2,1-4H3,(H,27,28). The van der Waals surface area contributed by atoms with Crippen molar-refractivity contribution < 1.29 is 29.0 Å². The Hall–Kier alpha value is -6.30. The van der Waals surface area contributed by atoms with Crippen molar-refractivity contribution >= 4 is 23.5 Å². The van der Waals surface area contributed by atoms with Crippen LogP contribution in [0.15, 0.2) is 85.7 Å². The van der Waals surface area contributed by atoms with Gasteiger partial charge in [-0.2, -0.15) is 10.2 Å². The van der Waals surface area contributed by atoms with Gasteiger partial charge in [0, 0.05) is 74.9 Å². The van der Waals surface area contributed by atoms with Crippen molar-refractivity contribution in [3.8, 4) is 11.4 Å². The van der Waals surface area contributed by atoms with E-state index in [1.165, 1.54) is 17.3 Å². The second-order valence-electron chi connectivity index (χ2n) is 15.3. The highest BCUT2D eigenvalue weighted by Gasteiger charge is 2.23. The molecular weight excluding hydrogens is 733 g/mol. The lowest BCUT2D eigenvalue weighted by atomic mass is 9.93. The van der Waals surface area contributed by atoms with Gasteiger partial charge in [0.05, 0.1) is 41.5 Å². The molecule has 6 rings (SSSR count). The van der Waals surface area contributed by atoms with Crippen LogP contribution in [0, 0.1) is 39.5 Å². The SMILES string of the molecule is CCOC(=O)c1cn(C)cc1CC(=O)C(C)Cc1cnn(-c2ccc(C)cc2)c1C.Cc1ccc(-n2ncc(CC(C)C(=O)Cc3cn(C)cc3C(=O)O)c2C)cc1. The first-order chi connectivity index (χ1) is 27.6. The second kappa shape index (κ2) is 18.8. The number of ether oxygens (including phenoxy) is 1. The molecular formula is C46H54N6O6. The third-order valence-electron chi connectivity index (χ3n) is 10.5. The van der Waals surface area contributed by atoms with Crippen LogP contribution in [0.3, 0.4) is 0 Å². The summed E-state index contributed by atoms with van der Waals surface area (Å²) in [6.45, 7) is 14.0. The quantitative estimate of drug-likeness (QED) is 0.105. The maximum atomic E-state index is 12.9. The van der Waals surface area contributed by atoms with Gasteiger partial charge in [0.2, 0.25) is 0 Å². The molecule has 0 spiro atoms.